The molecule has 160 valence electrons. The topological polar surface area (TPSA) is 86.2 Å². The van der Waals surface area contributed by atoms with Gasteiger partial charge in [-0.3, -0.25) is 4.79 Å². The lowest BCUT2D eigenvalue weighted by Gasteiger charge is -2.29. The van der Waals surface area contributed by atoms with Crippen molar-refractivity contribution in [1.82, 2.24) is 10.6 Å². The van der Waals surface area contributed by atoms with Crippen LogP contribution in [0.5, 0.6) is 5.75 Å². The molecule has 0 aliphatic carbocycles. The van der Waals surface area contributed by atoms with Gasteiger partial charge in [-0.15, -0.1) is 0 Å². The number of aliphatic imine (C=N–C) groups is 1. The molecule has 0 fully saturated rings. The van der Waals surface area contributed by atoms with Crippen molar-refractivity contribution in [2.75, 3.05) is 37.7 Å². The Kier molecular flexibility index (Phi) is 7.30. The highest BCUT2D eigenvalue weighted by atomic mass is 16.5. The molecule has 1 aliphatic heterocycles. The van der Waals surface area contributed by atoms with Crippen LogP contribution >= 0.6 is 0 Å². The monoisotopic (exact) mass is 410 g/mol. The van der Waals surface area contributed by atoms with Crippen molar-refractivity contribution in [2.24, 2.45) is 4.99 Å². The van der Waals surface area contributed by atoms with Crippen molar-refractivity contribution in [3.63, 3.8) is 0 Å². The SMILES string of the molecule is CCNC(=NCC(C)(O)c1ccccc1)NCCCN1C(=O)COc2ccccc21. The number of hydrogen-bond acceptors (Lipinski definition) is 4. The second kappa shape index (κ2) is 10.1. The number of rotatable bonds is 8. The maximum absolute atomic E-state index is 12.3. The van der Waals surface area contributed by atoms with E-state index in [-0.39, 0.29) is 19.1 Å². The molecule has 1 aliphatic rings. The van der Waals surface area contributed by atoms with Gasteiger partial charge in [0.1, 0.15) is 11.4 Å². The van der Waals surface area contributed by atoms with Crippen molar-refractivity contribution in [3.8, 4) is 5.75 Å². The van der Waals surface area contributed by atoms with Crippen molar-refractivity contribution >= 4 is 17.6 Å². The first-order valence-electron chi connectivity index (χ1n) is 10.3. The number of benzene rings is 2. The average molecular weight is 411 g/mol. The molecule has 2 aromatic rings. The molecule has 0 aromatic heterocycles. The number of nitrogens with zero attached hydrogens (tertiary/aromatic N) is 2. The summed E-state index contributed by atoms with van der Waals surface area (Å²) >= 11 is 0. The van der Waals surface area contributed by atoms with Crippen LogP contribution in [0.1, 0.15) is 25.8 Å². The summed E-state index contributed by atoms with van der Waals surface area (Å²) in [5, 5.41) is 17.2. The van der Waals surface area contributed by atoms with Crippen LogP contribution in [0.25, 0.3) is 0 Å². The summed E-state index contributed by atoms with van der Waals surface area (Å²) in [7, 11) is 0. The molecule has 7 nitrogen and oxygen atoms in total. The lowest BCUT2D eigenvalue weighted by atomic mass is 9.96. The number of amides is 1. The molecular weight excluding hydrogens is 380 g/mol. The van der Waals surface area contributed by atoms with Crippen molar-refractivity contribution in [1.29, 1.82) is 0 Å². The number of carbonyl (C=O) groups is 1. The van der Waals surface area contributed by atoms with E-state index in [0.29, 0.717) is 25.6 Å². The van der Waals surface area contributed by atoms with Gasteiger partial charge in [0.25, 0.3) is 5.91 Å². The number of ether oxygens (including phenoxy) is 1. The van der Waals surface area contributed by atoms with Crippen molar-refractivity contribution < 1.29 is 14.6 Å². The summed E-state index contributed by atoms with van der Waals surface area (Å²) in [4.78, 5) is 18.6. The summed E-state index contributed by atoms with van der Waals surface area (Å²) < 4.78 is 5.48. The minimum absolute atomic E-state index is 0.0341. The number of anilines is 1. The van der Waals surface area contributed by atoms with E-state index in [4.69, 9.17) is 4.74 Å². The number of nitrogens with one attached hydrogen (secondary N) is 2. The Morgan fingerprint density at radius 3 is 2.67 bits per heavy atom. The average Bonchev–Trinajstić information content (AvgIpc) is 2.76. The fraction of sp³-hybridized carbons (Fsp3) is 0.391. The zero-order valence-electron chi connectivity index (χ0n) is 17.6. The van der Waals surface area contributed by atoms with E-state index in [9.17, 15) is 9.90 Å². The molecule has 2 aromatic carbocycles. The fourth-order valence-electron chi connectivity index (χ4n) is 3.31. The largest absolute Gasteiger partial charge is 0.482 e. The van der Waals surface area contributed by atoms with Crippen LogP contribution in [0.3, 0.4) is 0 Å². The zero-order valence-corrected chi connectivity index (χ0v) is 17.6. The second-order valence-electron chi connectivity index (χ2n) is 7.42. The van der Waals surface area contributed by atoms with Crippen LogP contribution in [0.2, 0.25) is 0 Å². The highest BCUT2D eigenvalue weighted by molar-refractivity contribution is 5.97. The number of aliphatic hydroxyl groups is 1. The van der Waals surface area contributed by atoms with Gasteiger partial charge in [0, 0.05) is 19.6 Å². The Balaban J connectivity index is 1.54. The number of carbonyl (C=O) groups excluding carboxylic acids is 1. The molecule has 0 saturated heterocycles. The fourth-order valence-corrected chi connectivity index (χ4v) is 3.31. The van der Waals surface area contributed by atoms with Gasteiger partial charge in [0.15, 0.2) is 12.6 Å². The summed E-state index contributed by atoms with van der Waals surface area (Å²) in [6.45, 7) is 6.02. The Bertz CT molecular complexity index is 868. The van der Waals surface area contributed by atoms with Gasteiger partial charge in [0.05, 0.1) is 12.2 Å². The van der Waals surface area contributed by atoms with E-state index in [1.807, 2.05) is 61.5 Å². The van der Waals surface area contributed by atoms with Crippen molar-refractivity contribution in [2.45, 2.75) is 25.9 Å². The number of para-hydroxylation sites is 2. The summed E-state index contributed by atoms with van der Waals surface area (Å²) in [5.74, 6) is 1.35. The highest BCUT2D eigenvalue weighted by Crippen LogP contribution is 2.31. The molecular formula is C23H30N4O3. The van der Waals surface area contributed by atoms with E-state index in [2.05, 4.69) is 15.6 Å². The van der Waals surface area contributed by atoms with Gasteiger partial charge in [-0.2, -0.15) is 0 Å². The van der Waals surface area contributed by atoms with Crippen LogP contribution in [-0.2, 0) is 10.4 Å². The standard InChI is InChI=1S/C23H30N4O3/c1-3-24-22(26-17-23(2,29)18-10-5-4-6-11-18)25-14-9-15-27-19-12-7-8-13-20(19)30-16-21(27)28/h4-8,10-13,29H,3,9,14-17H2,1-2H3,(H2,24,25,26). The predicted octanol–water partition coefficient (Wildman–Crippen LogP) is 2.26. The molecule has 3 N–H and O–H groups in total. The lowest BCUT2D eigenvalue weighted by molar-refractivity contribution is -0.121. The van der Waals surface area contributed by atoms with Crippen LogP contribution in [0.15, 0.2) is 59.6 Å². The first-order chi connectivity index (χ1) is 14.5. The van der Waals surface area contributed by atoms with E-state index >= 15 is 0 Å². The number of fused-ring (bicyclic) bond motifs is 1. The predicted molar refractivity (Wildman–Crippen MR) is 119 cm³/mol. The quantitative estimate of drug-likeness (QED) is 0.353. The van der Waals surface area contributed by atoms with Crippen LogP contribution in [-0.4, -0.2) is 49.8 Å². The Morgan fingerprint density at radius 1 is 1.17 bits per heavy atom. The molecule has 3 rings (SSSR count). The van der Waals surface area contributed by atoms with Crippen LogP contribution in [0.4, 0.5) is 5.69 Å². The first-order valence-corrected chi connectivity index (χ1v) is 10.3. The first kappa shape index (κ1) is 21.6. The smallest absolute Gasteiger partial charge is 0.265 e. The summed E-state index contributed by atoms with van der Waals surface area (Å²) in [5.41, 5.74) is 0.593. The van der Waals surface area contributed by atoms with Gasteiger partial charge in [-0.05, 0) is 38.0 Å². The molecule has 0 radical (unpaired) electrons. The molecule has 0 spiro atoms. The minimum Gasteiger partial charge on any atom is -0.482 e. The van der Waals surface area contributed by atoms with E-state index in [1.54, 1.807) is 11.8 Å². The van der Waals surface area contributed by atoms with Gasteiger partial charge in [-0.25, -0.2) is 4.99 Å². The van der Waals surface area contributed by atoms with Gasteiger partial charge in [-0.1, -0.05) is 42.5 Å². The highest BCUT2D eigenvalue weighted by Gasteiger charge is 2.25. The molecule has 1 heterocycles. The van der Waals surface area contributed by atoms with Gasteiger partial charge in [0.2, 0.25) is 0 Å². The molecule has 7 heteroatoms. The molecule has 0 saturated carbocycles. The summed E-state index contributed by atoms with van der Waals surface area (Å²) in [6, 6.07) is 17.1. The molecule has 1 unspecified atom stereocenters. The Hall–Kier alpha value is -3.06. The third kappa shape index (κ3) is 5.51. The Labute approximate surface area is 177 Å². The maximum Gasteiger partial charge on any atom is 0.265 e. The maximum atomic E-state index is 12.3. The van der Waals surface area contributed by atoms with Crippen LogP contribution < -0.4 is 20.3 Å². The lowest BCUT2D eigenvalue weighted by Crippen LogP contribution is -2.42. The zero-order chi connectivity index (χ0) is 21.4. The third-order valence-corrected chi connectivity index (χ3v) is 4.94. The minimum atomic E-state index is -1.05. The van der Waals surface area contributed by atoms with E-state index in [0.717, 1.165) is 23.4 Å². The Morgan fingerprint density at radius 2 is 1.90 bits per heavy atom. The van der Waals surface area contributed by atoms with Crippen molar-refractivity contribution in [3.05, 3.63) is 60.2 Å². The summed E-state index contributed by atoms with van der Waals surface area (Å²) in [6.07, 6.45) is 0.750. The van der Waals surface area contributed by atoms with E-state index in [1.165, 1.54) is 0 Å². The van der Waals surface area contributed by atoms with E-state index < -0.39 is 5.60 Å². The number of hydrogen-bond donors (Lipinski definition) is 3. The molecule has 1 amide bonds. The van der Waals surface area contributed by atoms with Crippen LogP contribution in [0, 0.1) is 0 Å². The molecule has 1 atom stereocenters. The normalized spacial score (nSPS) is 15.8. The number of guanidine groups is 1. The molecule has 0 bridgehead atoms. The third-order valence-electron chi connectivity index (χ3n) is 4.94. The molecule has 30 heavy (non-hydrogen) atoms. The van der Waals surface area contributed by atoms with Gasteiger partial charge >= 0.3 is 0 Å². The second-order valence-corrected chi connectivity index (χ2v) is 7.42. The van der Waals surface area contributed by atoms with Gasteiger partial charge < -0.3 is 25.4 Å².